The summed E-state index contributed by atoms with van der Waals surface area (Å²) in [7, 11) is 0. The molecule has 164 valence electrons. The van der Waals surface area contributed by atoms with Crippen molar-refractivity contribution in [1.82, 2.24) is 21.3 Å². The summed E-state index contributed by atoms with van der Waals surface area (Å²) in [5, 5.41) is 28.2. The third-order valence-corrected chi connectivity index (χ3v) is 4.42. The standard InChI is InChI=1S/C18H30N4O7/c1-10(2)8-13(18(28)29)21-14(23)9-20-16(26)12(5-6-15(24)25)22-17(27)11-4-3-7-19-11/h10-13,19H,3-9H2,1-2H3,(H,20,26)(H,21,23)(H,22,27)(H,24,25)(H,28,29). The fourth-order valence-corrected chi connectivity index (χ4v) is 2.95. The highest BCUT2D eigenvalue weighted by Crippen LogP contribution is 2.07. The van der Waals surface area contributed by atoms with Gasteiger partial charge in [0.1, 0.15) is 12.1 Å². The summed E-state index contributed by atoms with van der Waals surface area (Å²) in [6.07, 6.45) is 1.21. The highest BCUT2D eigenvalue weighted by Gasteiger charge is 2.28. The van der Waals surface area contributed by atoms with Crippen LogP contribution in [0.4, 0.5) is 0 Å². The molecule has 0 aromatic rings. The van der Waals surface area contributed by atoms with Crippen LogP contribution in [0.1, 0.15) is 46.0 Å². The van der Waals surface area contributed by atoms with Gasteiger partial charge in [-0.05, 0) is 38.1 Å². The number of carboxylic acid groups (broad SMARTS) is 2. The molecule has 1 aliphatic rings. The zero-order chi connectivity index (χ0) is 22.0. The SMILES string of the molecule is CC(C)CC(NC(=O)CNC(=O)C(CCC(=O)O)NC(=O)C1CCCN1)C(=O)O. The van der Waals surface area contributed by atoms with E-state index in [1.165, 1.54) is 0 Å². The number of amides is 3. The first kappa shape index (κ1) is 24.3. The highest BCUT2D eigenvalue weighted by molar-refractivity contribution is 5.92. The lowest BCUT2D eigenvalue weighted by Gasteiger charge is -2.21. The molecule has 29 heavy (non-hydrogen) atoms. The second-order valence-corrected chi connectivity index (χ2v) is 7.45. The summed E-state index contributed by atoms with van der Waals surface area (Å²) in [6, 6.07) is -2.62. The molecule has 0 bridgehead atoms. The first-order valence-corrected chi connectivity index (χ1v) is 9.65. The van der Waals surface area contributed by atoms with Crippen LogP contribution < -0.4 is 21.3 Å². The van der Waals surface area contributed by atoms with Crippen molar-refractivity contribution < 1.29 is 34.2 Å². The molecule has 1 saturated heterocycles. The van der Waals surface area contributed by atoms with E-state index in [2.05, 4.69) is 21.3 Å². The molecule has 1 heterocycles. The lowest BCUT2D eigenvalue weighted by atomic mass is 10.0. The number of carbonyl (C=O) groups excluding carboxylic acids is 3. The number of nitrogens with one attached hydrogen (secondary N) is 4. The molecule has 3 unspecified atom stereocenters. The summed E-state index contributed by atoms with van der Waals surface area (Å²) in [4.78, 5) is 58.6. The Morgan fingerprint density at radius 1 is 1.07 bits per heavy atom. The molecule has 1 aliphatic heterocycles. The fourth-order valence-electron chi connectivity index (χ4n) is 2.95. The average Bonchev–Trinajstić information content (AvgIpc) is 3.16. The third kappa shape index (κ3) is 9.37. The summed E-state index contributed by atoms with van der Waals surface area (Å²) < 4.78 is 0. The second kappa shape index (κ2) is 12.0. The molecule has 3 amide bonds. The Labute approximate surface area is 169 Å². The molecule has 0 aromatic heterocycles. The van der Waals surface area contributed by atoms with Crippen LogP contribution in [-0.2, 0) is 24.0 Å². The molecular weight excluding hydrogens is 384 g/mol. The zero-order valence-corrected chi connectivity index (χ0v) is 16.7. The molecule has 0 saturated carbocycles. The summed E-state index contributed by atoms with van der Waals surface area (Å²) in [5.74, 6) is -4.04. The van der Waals surface area contributed by atoms with Crippen molar-refractivity contribution in [3.63, 3.8) is 0 Å². The van der Waals surface area contributed by atoms with Crippen LogP contribution in [-0.4, -0.2) is 71.1 Å². The van der Waals surface area contributed by atoms with Gasteiger partial charge in [-0.15, -0.1) is 0 Å². The first-order valence-electron chi connectivity index (χ1n) is 9.65. The minimum Gasteiger partial charge on any atom is -0.481 e. The van der Waals surface area contributed by atoms with E-state index in [1.807, 2.05) is 13.8 Å². The van der Waals surface area contributed by atoms with Gasteiger partial charge in [0, 0.05) is 6.42 Å². The zero-order valence-electron chi connectivity index (χ0n) is 16.7. The first-order chi connectivity index (χ1) is 13.6. The van der Waals surface area contributed by atoms with Crippen LogP contribution in [0.25, 0.3) is 0 Å². The van der Waals surface area contributed by atoms with Crippen LogP contribution in [0.15, 0.2) is 0 Å². The van der Waals surface area contributed by atoms with E-state index in [0.717, 1.165) is 6.42 Å². The molecule has 0 spiro atoms. The summed E-state index contributed by atoms with van der Waals surface area (Å²) in [5.41, 5.74) is 0. The van der Waals surface area contributed by atoms with E-state index in [1.54, 1.807) is 0 Å². The number of hydrogen-bond donors (Lipinski definition) is 6. The predicted octanol–water partition coefficient (Wildman–Crippen LogP) is -1.18. The Morgan fingerprint density at radius 2 is 1.76 bits per heavy atom. The maximum absolute atomic E-state index is 12.4. The van der Waals surface area contributed by atoms with E-state index >= 15 is 0 Å². The van der Waals surface area contributed by atoms with Crippen LogP contribution in [0.2, 0.25) is 0 Å². The Hall–Kier alpha value is -2.69. The van der Waals surface area contributed by atoms with Crippen molar-refractivity contribution in [2.75, 3.05) is 13.1 Å². The van der Waals surface area contributed by atoms with E-state index in [0.29, 0.717) is 13.0 Å². The normalized spacial score (nSPS) is 18.0. The monoisotopic (exact) mass is 414 g/mol. The summed E-state index contributed by atoms with van der Waals surface area (Å²) in [6.45, 7) is 3.84. The highest BCUT2D eigenvalue weighted by atomic mass is 16.4. The maximum Gasteiger partial charge on any atom is 0.326 e. The van der Waals surface area contributed by atoms with Crippen molar-refractivity contribution in [3.05, 3.63) is 0 Å². The molecule has 6 N–H and O–H groups in total. The molecule has 0 aliphatic carbocycles. The Morgan fingerprint density at radius 3 is 2.28 bits per heavy atom. The fraction of sp³-hybridized carbons (Fsp3) is 0.722. The van der Waals surface area contributed by atoms with Crippen molar-refractivity contribution in [3.8, 4) is 0 Å². The second-order valence-electron chi connectivity index (χ2n) is 7.45. The minimum absolute atomic E-state index is 0.0470. The van der Waals surface area contributed by atoms with Crippen molar-refractivity contribution >= 4 is 29.7 Å². The molecule has 1 rings (SSSR count). The van der Waals surface area contributed by atoms with E-state index in [4.69, 9.17) is 10.2 Å². The molecule has 0 aromatic carbocycles. The van der Waals surface area contributed by atoms with Crippen molar-refractivity contribution in [1.29, 1.82) is 0 Å². The van der Waals surface area contributed by atoms with Crippen LogP contribution in [0.3, 0.4) is 0 Å². The largest absolute Gasteiger partial charge is 0.481 e. The van der Waals surface area contributed by atoms with Gasteiger partial charge in [0.15, 0.2) is 0 Å². The van der Waals surface area contributed by atoms with Gasteiger partial charge >= 0.3 is 11.9 Å². The van der Waals surface area contributed by atoms with Crippen LogP contribution >= 0.6 is 0 Å². The van der Waals surface area contributed by atoms with E-state index < -0.39 is 54.3 Å². The minimum atomic E-state index is -1.17. The maximum atomic E-state index is 12.4. The third-order valence-electron chi connectivity index (χ3n) is 4.42. The van der Waals surface area contributed by atoms with Gasteiger partial charge in [-0.2, -0.15) is 0 Å². The van der Waals surface area contributed by atoms with E-state index in [-0.39, 0.29) is 25.2 Å². The molecule has 0 radical (unpaired) electrons. The molecule has 11 nitrogen and oxygen atoms in total. The van der Waals surface area contributed by atoms with Gasteiger partial charge in [-0.25, -0.2) is 4.79 Å². The average molecular weight is 414 g/mol. The molecule has 11 heteroatoms. The van der Waals surface area contributed by atoms with E-state index in [9.17, 15) is 24.0 Å². The summed E-state index contributed by atoms with van der Waals surface area (Å²) >= 11 is 0. The van der Waals surface area contributed by atoms with Crippen molar-refractivity contribution in [2.24, 2.45) is 5.92 Å². The Balaban J connectivity index is 2.60. The van der Waals surface area contributed by atoms with Crippen LogP contribution in [0.5, 0.6) is 0 Å². The topological polar surface area (TPSA) is 174 Å². The number of hydrogen-bond acceptors (Lipinski definition) is 6. The quantitative estimate of drug-likeness (QED) is 0.231. The van der Waals surface area contributed by atoms with Crippen LogP contribution in [0, 0.1) is 5.92 Å². The van der Waals surface area contributed by atoms with Gasteiger partial charge in [-0.3, -0.25) is 19.2 Å². The predicted molar refractivity (Wildman–Crippen MR) is 102 cm³/mol. The van der Waals surface area contributed by atoms with Gasteiger partial charge in [0.2, 0.25) is 17.7 Å². The van der Waals surface area contributed by atoms with Gasteiger partial charge in [0.05, 0.1) is 12.6 Å². The number of rotatable bonds is 12. The number of aliphatic carboxylic acids is 2. The number of carbonyl (C=O) groups is 5. The smallest absolute Gasteiger partial charge is 0.326 e. The molecule has 1 fully saturated rings. The lowest BCUT2D eigenvalue weighted by Crippen LogP contribution is -2.53. The lowest BCUT2D eigenvalue weighted by molar-refractivity contribution is -0.142. The molecular formula is C18H30N4O7. The van der Waals surface area contributed by atoms with Gasteiger partial charge < -0.3 is 31.5 Å². The number of carboxylic acids is 2. The van der Waals surface area contributed by atoms with Gasteiger partial charge in [-0.1, -0.05) is 13.8 Å². The molecule has 3 atom stereocenters. The Bertz CT molecular complexity index is 617. The van der Waals surface area contributed by atoms with Crippen molar-refractivity contribution in [2.45, 2.75) is 64.1 Å². The Kier molecular flexibility index (Phi) is 10.1. The van der Waals surface area contributed by atoms with Gasteiger partial charge in [0.25, 0.3) is 0 Å².